The van der Waals surface area contributed by atoms with E-state index in [1.165, 1.54) is 0 Å². The van der Waals surface area contributed by atoms with Gasteiger partial charge in [0.05, 0.1) is 11.3 Å². The number of aromatic amines is 1. The average molecular weight is 286 g/mol. The SMILES string of the molecule is CCSc1cccc(NCCCc2ncc[nH]2)c1C#N. The van der Waals surface area contributed by atoms with Gasteiger partial charge in [0.1, 0.15) is 11.9 Å². The van der Waals surface area contributed by atoms with Crippen molar-refractivity contribution in [3.63, 3.8) is 0 Å². The highest BCUT2D eigenvalue weighted by atomic mass is 32.2. The van der Waals surface area contributed by atoms with Gasteiger partial charge < -0.3 is 10.3 Å². The number of H-pyrrole nitrogens is 1. The van der Waals surface area contributed by atoms with E-state index in [2.05, 4.69) is 28.3 Å². The second-order valence-electron chi connectivity index (χ2n) is 4.29. The molecule has 4 nitrogen and oxygen atoms in total. The summed E-state index contributed by atoms with van der Waals surface area (Å²) in [6.45, 7) is 2.92. The summed E-state index contributed by atoms with van der Waals surface area (Å²) in [6.07, 6.45) is 5.48. The second-order valence-corrected chi connectivity index (χ2v) is 5.60. The molecule has 0 atom stereocenters. The van der Waals surface area contributed by atoms with Gasteiger partial charge >= 0.3 is 0 Å². The molecule has 20 heavy (non-hydrogen) atoms. The van der Waals surface area contributed by atoms with E-state index in [1.54, 1.807) is 18.0 Å². The summed E-state index contributed by atoms with van der Waals surface area (Å²) < 4.78 is 0. The van der Waals surface area contributed by atoms with Crippen LogP contribution in [0.5, 0.6) is 0 Å². The Labute approximate surface area is 123 Å². The molecule has 2 rings (SSSR count). The number of aromatic nitrogens is 2. The summed E-state index contributed by atoms with van der Waals surface area (Å²) in [5.41, 5.74) is 1.67. The van der Waals surface area contributed by atoms with Crippen molar-refractivity contribution in [2.24, 2.45) is 0 Å². The Morgan fingerprint density at radius 3 is 3.05 bits per heavy atom. The molecule has 0 radical (unpaired) electrons. The normalized spacial score (nSPS) is 10.2. The number of benzene rings is 1. The summed E-state index contributed by atoms with van der Waals surface area (Å²) in [6, 6.07) is 8.26. The molecule has 2 aromatic rings. The van der Waals surface area contributed by atoms with Crippen LogP contribution in [0.1, 0.15) is 24.7 Å². The van der Waals surface area contributed by atoms with E-state index in [4.69, 9.17) is 0 Å². The molecule has 0 amide bonds. The molecule has 0 saturated carbocycles. The van der Waals surface area contributed by atoms with Crippen LogP contribution in [0, 0.1) is 11.3 Å². The molecule has 0 bridgehead atoms. The van der Waals surface area contributed by atoms with E-state index in [-0.39, 0.29) is 0 Å². The number of nitrogens with one attached hydrogen (secondary N) is 2. The van der Waals surface area contributed by atoms with Gasteiger partial charge in [0.2, 0.25) is 0 Å². The number of thioether (sulfide) groups is 1. The first-order chi connectivity index (χ1) is 9.85. The number of nitriles is 1. The van der Waals surface area contributed by atoms with Gasteiger partial charge in [-0.1, -0.05) is 13.0 Å². The number of anilines is 1. The third-order valence-corrected chi connectivity index (χ3v) is 3.84. The Kier molecular flexibility index (Phi) is 5.51. The quantitative estimate of drug-likeness (QED) is 0.604. The zero-order valence-electron chi connectivity index (χ0n) is 11.5. The van der Waals surface area contributed by atoms with Crippen molar-refractivity contribution in [2.45, 2.75) is 24.7 Å². The van der Waals surface area contributed by atoms with Crippen LogP contribution in [0.25, 0.3) is 0 Å². The van der Waals surface area contributed by atoms with Gasteiger partial charge in [-0.25, -0.2) is 4.98 Å². The summed E-state index contributed by atoms with van der Waals surface area (Å²) in [7, 11) is 0. The highest BCUT2D eigenvalue weighted by Crippen LogP contribution is 2.27. The molecule has 0 fully saturated rings. The van der Waals surface area contributed by atoms with Gasteiger partial charge in [0, 0.05) is 30.3 Å². The molecule has 0 spiro atoms. The maximum absolute atomic E-state index is 9.31. The fourth-order valence-corrected chi connectivity index (χ4v) is 2.77. The third kappa shape index (κ3) is 3.78. The minimum Gasteiger partial charge on any atom is -0.384 e. The van der Waals surface area contributed by atoms with Crippen LogP contribution >= 0.6 is 11.8 Å². The molecule has 1 heterocycles. The monoisotopic (exact) mass is 286 g/mol. The number of hydrogen-bond acceptors (Lipinski definition) is 4. The molecule has 5 heteroatoms. The number of rotatable bonds is 7. The van der Waals surface area contributed by atoms with Crippen LogP contribution in [0.2, 0.25) is 0 Å². The molecule has 0 aliphatic heterocycles. The minimum atomic E-state index is 0.748. The number of nitrogens with zero attached hydrogens (tertiary/aromatic N) is 2. The largest absolute Gasteiger partial charge is 0.384 e. The predicted octanol–water partition coefficient (Wildman–Crippen LogP) is 3.44. The maximum Gasteiger partial charge on any atom is 0.106 e. The van der Waals surface area contributed by atoms with E-state index in [1.807, 2.05) is 24.4 Å². The number of aryl methyl sites for hydroxylation is 1. The molecule has 1 aromatic carbocycles. The lowest BCUT2D eigenvalue weighted by Gasteiger charge is -2.10. The van der Waals surface area contributed by atoms with Crippen molar-refractivity contribution >= 4 is 17.4 Å². The molecule has 2 N–H and O–H groups in total. The standard InChI is InChI=1S/C15H18N4S/c1-2-20-14-6-3-5-13(12(14)11-16)17-8-4-7-15-18-9-10-19-15/h3,5-6,9-10,17H,2,4,7-8H2,1H3,(H,18,19). The lowest BCUT2D eigenvalue weighted by atomic mass is 10.2. The van der Waals surface area contributed by atoms with E-state index >= 15 is 0 Å². The zero-order chi connectivity index (χ0) is 14.2. The van der Waals surface area contributed by atoms with Crippen LogP contribution in [-0.4, -0.2) is 22.3 Å². The summed E-state index contributed by atoms with van der Waals surface area (Å²) in [5.74, 6) is 1.97. The van der Waals surface area contributed by atoms with Crippen LogP contribution in [-0.2, 0) is 6.42 Å². The third-order valence-electron chi connectivity index (χ3n) is 2.90. The molecule has 1 aromatic heterocycles. The molecule has 0 aliphatic rings. The molecule has 0 saturated heterocycles. The van der Waals surface area contributed by atoms with Gasteiger partial charge in [-0.2, -0.15) is 5.26 Å². The topological polar surface area (TPSA) is 64.5 Å². The van der Waals surface area contributed by atoms with Gasteiger partial charge in [-0.05, 0) is 24.3 Å². The van der Waals surface area contributed by atoms with E-state index in [0.29, 0.717) is 0 Å². The fourth-order valence-electron chi connectivity index (χ4n) is 1.98. The van der Waals surface area contributed by atoms with Crippen molar-refractivity contribution in [2.75, 3.05) is 17.6 Å². The molecule has 0 aliphatic carbocycles. The first-order valence-corrected chi connectivity index (χ1v) is 7.71. The van der Waals surface area contributed by atoms with Gasteiger partial charge in [0.25, 0.3) is 0 Å². The summed E-state index contributed by atoms with van der Waals surface area (Å²) in [4.78, 5) is 8.33. The van der Waals surface area contributed by atoms with Crippen LogP contribution in [0.3, 0.4) is 0 Å². The van der Waals surface area contributed by atoms with Crippen LogP contribution in [0.15, 0.2) is 35.5 Å². The van der Waals surface area contributed by atoms with Gasteiger partial charge in [-0.15, -0.1) is 11.8 Å². The Bertz CT molecular complexity index is 572. The first kappa shape index (κ1) is 14.5. The predicted molar refractivity (Wildman–Crippen MR) is 83.0 cm³/mol. The average Bonchev–Trinajstić information content (AvgIpc) is 2.97. The zero-order valence-corrected chi connectivity index (χ0v) is 12.3. The first-order valence-electron chi connectivity index (χ1n) is 6.73. The Morgan fingerprint density at radius 2 is 2.35 bits per heavy atom. The maximum atomic E-state index is 9.31. The molecular weight excluding hydrogens is 268 g/mol. The van der Waals surface area contributed by atoms with Crippen LogP contribution < -0.4 is 5.32 Å². The highest BCUT2D eigenvalue weighted by molar-refractivity contribution is 7.99. The van der Waals surface area contributed by atoms with Crippen molar-refractivity contribution in [3.05, 3.63) is 42.0 Å². The Hall–Kier alpha value is -1.93. The van der Waals surface area contributed by atoms with E-state index < -0.39 is 0 Å². The van der Waals surface area contributed by atoms with E-state index in [9.17, 15) is 5.26 Å². The lowest BCUT2D eigenvalue weighted by molar-refractivity contribution is 0.816. The van der Waals surface area contributed by atoms with Crippen molar-refractivity contribution in [3.8, 4) is 6.07 Å². The highest BCUT2D eigenvalue weighted by Gasteiger charge is 2.07. The van der Waals surface area contributed by atoms with Crippen LogP contribution in [0.4, 0.5) is 5.69 Å². The van der Waals surface area contributed by atoms with Gasteiger partial charge in [0.15, 0.2) is 0 Å². The van der Waals surface area contributed by atoms with Crippen molar-refractivity contribution < 1.29 is 0 Å². The summed E-state index contributed by atoms with van der Waals surface area (Å²) in [5, 5.41) is 12.7. The van der Waals surface area contributed by atoms with Gasteiger partial charge in [-0.3, -0.25) is 0 Å². The Balaban J connectivity index is 1.92. The smallest absolute Gasteiger partial charge is 0.106 e. The fraction of sp³-hybridized carbons (Fsp3) is 0.333. The molecular formula is C15H18N4S. The Morgan fingerprint density at radius 1 is 1.45 bits per heavy atom. The molecule has 0 unspecified atom stereocenters. The molecule has 104 valence electrons. The van der Waals surface area contributed by atoms with Crippen molar-refractivity contribution in [1.82, 2.24) is 9.97 Å². The van der Waals surface area contributed by atoms with E-state index in [0.717, 1.165) is 47.1 Å². The summed E-state index contributed by atoms with van der Waals surface area (Å²) >= 11 is 1.70. The second kappa shape index (κ2) is 7.61. The minimum absolute atomic E-state index is 0.748. The van der Waals surface area contributed by atoms with Crippen molar-refractivity contribution in [1.29, 1.82) is 5.26 Å². The lowest BCUT2D eigenvalue weighted by Crippen LogP contribution is -2.05. The number of hydrogen-bond donors (Lipinski definition) is 2. The number of imidazole rings is 1.